The Hall–Kier alpha value is -1.13. The Balaban J connectivity index is 2.18. The first kappa shape index (κ1) is 13.9. The van der Waals surface area contributed by atoms with Gasteiger partial charge in [0.1, 0.15) is 0 Å². The fraction of sp³-hybridized carbons (Fsp3) is 0.462. The molecule has 0 aliphatic carbocycles. The van der Waals surface area contributed by atoms with Crippen molar-refractivity contribution in [2.24, 2.45) is 0 Å². The minimum Gasteiger partial charge on any atom is -0.382 e. The Labute approximate surface area is 109 Å². The van der Waals surface area contributed by atoms with Gasteiger partial charge in [-0.15, -0.1) is 0 Å². The summed E-state index contributed by atoms with van der Waals surface area (Å²) < 4.78 is 5.24. The second-order valence-corrected chi connectivity index (χ2v) is 4.21. The first-order valence-electron chi connectivity index (χ1n) is 5.91. The van der Waals surface area contributed by atoms with E-state index in [4.69, 9.17) is 17.0 Å². The average Bonchev–Trinajstić information content (AvgIpc) is 2.32. The number of hydrogen-bond donors (Lipinski definition) is 2. The zero-order valence-corrected chi connectivity index (χ0v) is 11.3. The molecule has 1 aromatic carbocycles. The molecule has 0 heterocycles. The summed E-state index contributed by atoms with van der Waals surface area (Å²) in [6, 6.07) is 8.15. The molecular formula is C13H20N2OS. The van der Waals surface area contributed by atoms with Crippen LogP contribution in [0.3, 0.4) is 0 Å². The summed E-state index contributed by atoms with van der Waals surface area (Å²) in [5.74, 6) is 0. The van der Waals surface area contributed by atoms with Gasteiger partial charge in [0.2, 0.25) is 0 Å². The Bertz CT molecular complexity index is 338. The molecule has 0 spiro atoms. The minimum absolute atomic E-state index is 0.658. The molecule has 0 radical (unpaired) electrons. The summed E-state index contributed by atoms with van der Waals surface area (Å²) in [6.45, 7) is 6.44. The quantitative estimate of drug-likeness (QED) is 0.602. The van der Waals surface area contributed by atoms with Crippen LogP contribution in [-0.2, 0) is 4.74 Å². The highest BCUT2D eigenvalue weighted by atomic mass is 32.1. The highest BCUT2D eigenvalue weighted by molar-refractivity contribution is 7.80. The lowest BCUT2D eigenvalue weighted by Gasteiger charge is -2.10. The Morgan fingerprint density at radius 3 is 2.65 bits per heavy atom. The van der Waals surface area contributed by atoms with Crippen LogP contribution in [0.4, 0.5) is 5.69 Å². The Morgan fingerprint density at radius 1 is 1.29 bits per heavy atom. The van der Waals surface area contributed by atoms with Gasteiger partial charge in [0, 0.05) is 25.4 Å². The van der Waals surface area contributed by atoms with Crippen LogP contribution < -0.4 is 10.6 Å². The van der Waals surface area contributed by atoms with Crippen molar-refractivity contribution >= 4 is 23.0 Å². The molecule has 0 saturated carbocycles. The lowest BCUT2D eigenvalue weighted by atomic mass is 10.2. The number of benzene rings is 1. The molecule has 1 rings (SSSR count). The van der Waals surface area contributed by atoms with E-state index in [0.29, 0.717) is 5.11 Å². The van der Waals surface area contributed by atoms with Crippen molar-refractivity contribution < 1.29 is 4.74 Å². The number of nitrogens with one attached hydrogen (secondary N) is 2. The zero-order valence-electron chi connectivity index (χ0n) is 10.5. The average molecular weight is 252 g/mol. The maximum Gasteiger partial charge on any atom is 0.170 e. The molecule has 0 aromatic heterocycles. The molecule has 0 fully saturated rings. The lowest BCUT2D eigenvalue weighted by Crippen LogP contribution is -2.29. The minimum atomic E-state index is 0.658. The number of rotatable bonds is 6. The normalized spacial score (nSPS) is 10.0. The van der Waals surface area contributed by atoms with Gasteiger partial charge < -0.3 is 15.4 Å². The molecule has 0 aliphatic heterocycles. The summed E-state index contributed by atoms with van der Waals surface area (Å²) in [7, 11) is 0. The highest BCUT2D eigenvalue weighted by Gasteiger charge is 1.96. The van der Waals surface area contributed by atoms with Crippen molar-refractivity contribution in [3.8, 4) is 0 Å². The first-order chi connectivity index (χ1) is 8.22. The van der Waals surface area contributed by atoms with Gasteiger partial charge in [0.25, 0.3) is 0 Å². The van der Waals surface area contributed by atoms with Gasteiger partial charge in [0.15, 0.2) is 5.11 Å². The van der Waals surface area contributed by atoms with E-state index in [1.165, 1.54) is 5.56 Å². The molecule has 4 heteroatoms. The maximum absolute atomic E-state index is 5.24. The van der Waals surface area contributed by atoms with Crippen LogP contribution in [0.5, 0.6) is 0 Å². The summed E-state index contributed by atoms with van der Waals surface area (Å²) in [5, 5.41) is 6.94. The van der Waals surface area contributed by atoms with Gasteiger partial charge in [-0.3, -0.25) is 0 Å². The molecule has 0 amide bonds. The largest absolute Gasteiger partial charge is 0.382 e. The molecule has 1 aromatic rings. The topological polar surface area (TPSA) is 33.3 Å². The number of hydrogen-bond acceptors (Lipinski definition) is 2. The van der Waals surface area contributed by atoms with Crippen LogP contribution in [0.1, 0.15) is 18.9 Å². The van der Waals surface area contributed by atoms with E-state index in [-0.39, 0.29) is 0 Å². The first-order valence-corrected chi connectivity index (χ1v) is 6.32. The maximum atomic E-state index is 5.24. The van der Waals surface area contributed by atoms with E-state index in [2.05, 4.69) is 29.7 Å². The van der Waals surface area contributed by atoms with Crippen LogP contribution in [-0.4, -0.2) is 24.9 Å². The molecule has 0 atom stereocenters. The van der Waals surface area contributed by atoms with Crippen LogP contribution >= 0.6 is 12.2 Å². The third kappa shape index (κ3) is 6.24. The third-order valence-electron chi connectivity index (χ3n) is 2.26. The molecule has 3 nitrogen and oxygen atoms in total. The standard InChI is InChI=1S/C13H20N2OS/c1-3-16-10-4-9-14-13(17)15-12-7-5-11(2)6-8-12/h5-8H,3-4,9-10H2,1-2H3,(H2,14,15,17). The molecule has 0 aliphatic rings. The second-order valence-electron chi connectivity index (χ2n) is 3.80. The number of aryl methyl sites for hydroxylation is 1. The predicted octanol–water partition coefficient (Wildman–Crippen LogP) is 2.71. The monoisotopic (exact) mass is 252 g/mol. The van der Waals surface area contributed by atoms with Gasteiger partial charge in [0.05, 0.1) is 0 Å². The van der Waals surface area contributed by atoms with E-state index < -0.39 is 0 Å². The number of thiocarbonyl (C=S) groups is 1. The number of ether oxygens (including phenoxy) is 1. The second kappa shape index (κ2) is 8.03. The van der Waals surface area contributed by atoms with Crippen molar-refractivity contribution in [2.75, 3.05) is 25.1 Å². The molecule has 0 saturated heterocycles. The summed E-state index contributed by atoms with van der Waals surface area (Å²) in [6.07, 6.45) is 0.962. The molecule has 0 unspecified atom stereocenters. The Kier molecular flexibility index (Phi) is 6.58. The summed E-state index contributed by atoms with van der Waals surface area (Å²) >= 11 is 5.18. The van der Waals surface area contributed by atoms with Crippen molar-refractivity contribution in [1.29, 1.82) is 0 Å². The molecule has 0 bridgehead atoms. The SMILES string of the molecule is CCOCCCNC(=S)Nc1ccc(C)cc1. The van der Waals surface area contributed by atoms with Gasteiger partial charge in [-0.2, -0.15) is 0 Å². The third-order valence-corrected chi connectivity index (χ3v) is 2.51. The van der Waals surface area contributed by atoms with Gasteiger partial charge in [-0.05, 0) is 44.6 Å². The number of anilines is 1. The summed E-state index contributed by atoms with van der Waals surface area (Å²) in [4.78, 5) is 0. The van der Waals surface area contributed by atoms with Crippen LogP contribution in [0.2, 0.25) is 0 Å². The van der Waals surface area contributed by atoms with Crippen molar-refractivity contribution in [3.05, 3.63) is 29.8 Å². The summed E-state index contributed by atoms with van der Waals surface area (Å²) in [5.41, 5.74) is 2.25. The predicted molar refractivity (Wildman–Crippen MR) is 76.5 cm³/mol. The lowest BCUT2D eigenvalue weighted by molar-refractivity contribution is 0.146. The Morgan fingerprint density at radius 2 is 2.00 bits per heavy atom. The van der Waals surface area contributed by atoms with Gasteiger partial charge >= 0.3 is 0 Å². The van der Waals surface area contributed by atoms with Crippen molar-refractivity contribution in [1.82, 2.24) is 5.32 Å². The zero-order chi connectivity index (χ0) is 12.5. The van der Waals surface area contributed by atoms with E-state index in [1.807, 2.05) is 19.1 Å². The van der Waals surface area contributed by atoms with Gasteiger partial charge in [-0.25, -0.2) is 0 Å². The van der Waals surface area contributed by atoms with E-state index >= 15 is 0 Å². The van der Waals surface area contributed by atoms with Gasteiger partial charge in [-0.1, -0.05) is 17.7 Å². The molecular weight excluding hydrogens is 232 g/mol. The molecule has 17 heavy (non-hydrogen) atoms. The van der Waals surface area contributed by atoms with E-state index in [1.54, 1.807) is 0 Å². The molecule has 94 valence electrons. The van der Waals surface area contributed by atoms with Crippen LogP contribution in [0.15, 0.2) is 24.3 Å². The highest BCUT2D eigenvalue weighted by Crippen LogP contribution is 2.07. The molecule has 2 N–H and O–H groups in total. The van der Waals surface area contributed by atoms with E-state index in [0.717, 1.165) is 31.9 Å². The van der Waals surface area contributed by atoms with Crippen molar-refractivity contribution in [3.63, 3.8) is 0 Å². The van der Waals surface area contributed by atoms with Crippen LogP contribution in [0, 0.1) is 6.92 Å². The van der Waals surface area contributed by atoms with Crippen LogP contribution in [0.25, 0.3) is 0 Å². The van der Waals surface area contributed by atoms with Crippen molar-refractivity contribution in [2.45, 2.75) is 20.3 Å². The van der Waals surface area contributed by atoms with E-state index in [9.17, 15) is 0 Å². The smallest absolute Gasteiger partial charge is 0.170 e. The fourth-order valence-electron chi connectivity index (χ4n) is 1.33. The fourth-order valence-corrected chi connectivity index (χ4v) is 1.55.